The number of rotatable bonds is 4. The molecule has 1 aromatic heterocycles. The summed E-state index contributed by atoms with van der Waals surface area (Å²) in [7, 11) is 1.50. The Morgan fingerprint density at radius 3 is 2.45 bits per heavy atom. The molecule has 0 unspecified atom stereocenters. The van der Waals surface area contributed by atoms with Crippen molar-refractivity contribution in [1.82, 2.24) is 4.57 Å². The minimum atomic E-state index is -4.82. The third-order valence-corrected chi connectivity index (χ3v) is 4.51. The number of hydrogen-bond acceptors (Lipinski definition) is 3. The summed E-state index contributed by atoms with van der Waals surface area (Å²) in [5.74, 6) is 0.556. The monoisotopic (exact) mass is 398 g/mol. The van der Waals surface area contributed by atoms with Gasteiger partial charge in [0.1, 0.15) is 17.4 Å². The lowest BCUT2D eigenvalue weighted by Gasteiger charge is -2.18. The first kappa shape index (κ1) is 20.2. The van der Waals surface area contributed by atoms with Crippen LogP contribution in [-0.4, -0.2) is 11.7 Å². The van der Waals surface area contributed by atoms with E-state index in [0.29, 0.717) is 16.9 Å². The molecular weight excluding hydrogens is 381 g/mol. The minimum Gasteiger partial charge on any atom is -0.497 e. The number of ether oxygens (including phenoxy) is 1. The van der Waals surface area contributed by atoms with Crippen LogP contribution >= 0.6 is 0 Å². The Kier molecular flexibility index (Phi) is 5.46. The van der Waals surface area contributed by atoms with Crippen LogP contribution in [-0.2, 0) is 12.7 Å². The molecule has 0 radical (unpaired) electrons. The van der Waals surface area contributed by atoms with Gasteiger partial charge in [-0.25, -0.2) is 0 Å². The minimum absolute atomic E-state index is 0.00781. The lowest BCUT2D eigenvalue weighted by atomic mass is 10.0. The molecule has 3 aromatic rings. The van der Waals surface area contributed by atoms with Crippen LogP contribution in [0.2, 0.25) is 0 Å². The number of benzene rings is 2. The second-order valence-electron chi connectivity index (χ2n) is 6.54. The van der Waals surface area contributed by atoms with Crippen LogP contribution in [0.3, 0.4) is 0 Å². The summed E-state index contributed by atoms with van der Waals surface area (Å²) in [5.41, 5.74) is -1.10. The van der Waals surface area contributed by atoms with Crippen LogP contribution in [0, 0.1) is 18.3 Å². The number of pyridine rings is 1. The van der Waals surface area contributed by atoms with E-state index in [1.165, 1.54) is 17.7 Å². The third kappa shape index (κ3) is 4.16. The maximum atomic E-state index is 13.5. The Hall–Kier alpha value is -3.53. The molecule has 0 atom stereocenters. The zero-order valence-electron chi connectivity index (χ0n) is 15.7. The summed E-state index contributed by atoms with van der Waals surface area (Å²) in [5, 5.41) is 9.26. The van der Waals surface area contributed by atoms with Gasteiger partial charge < -0.3 is 9.30 Å². The fourth-order valence-corrected chi connectivity index (χ4v) is 3.13. The van der Waals surface area contributed by atoms with Crippen molar-refractivity contribution in [3.8, 4) is 23.1 Å². The molecule has 0 saturated heterocycles. The lowest BCUT2D eigenvalue weighted by Crippen LogP contribution is -2.28. The van der Waals surface area contributed by atoms with E-state index in [1.54, 1.807) is 42.5 Å². The van der Waals surface area contributed by atoms with Crippen molar-refractivity contribution >= 4 is 0 Å². The average molecular weight is 398 g/mol. The van der Waals surface area contributed by atoms with Crippen molar-refractivity contribution in [2.24, 2.45) is 0 Å². The van der Waals surface area contributed by atoms with E-state index in [1.807, 2.05) is 13.0 Å². The Morgan fingerprint density at radius 2 is 1.83 bits per heavy atom. The number of halogens is 3. The lowest BCUT2D eigenvalue weighted by molar-refractivity contribution is -0.137. The second-order valence-corrected chi connectivity index (χ2v) is 6.54. The molecule has 0 saturated carbocycles. The molecule has 3 rings (SSSR count). The molecule has 29 heavy (non-hydrogen) atoms. The molecule has 0 aliphatic rings. The molecule has 4 nitrogen and oxygen atoms in total. The van der Waals surface area contributed by atoms with Gasteiger partial charge in [-0.2, -0.15) is 18.4 Å². The van der Waals surface area contributed by atoms with E-state index >= 15 is 0 Å². The molecule has 0 aliphatic heterocycles. The van der Waals surface area contributed by atoms with Gasteiger partial charge in [0.2, 0.25) is 0 Å². The van der Waals surface area contributed by atoms with Crippen LogP contribution in [0.15, 0.2) is 59.4 Å². The Balaban J connectivity index is 2.30. The number of aromatic nitrogens is 1. The van der Waals surface area contributed by atoms with Crippen molar-refractivity contribution in [3.05, 3.63) is 87.2 Å². The van der Waals surface area contributed by atoms with E-state index in [-0.39, 0.29) is 12.2 Å². The summed E-state index contributed by atoms with van der Waals surface area (Å²) < 4.78 is 47.0. The zero-order chi connectivity index (χ0) is 21.2. The van der Waals surface area contributed by atoms with Gasteiger partial charge in [0.15, 0.2) is 0 Å². The molecule has 0 amide bonds. The summed E-state index contributed by atoms with van der Waals surface area (Å²) in [6.45, 7) is 1.80. The fourth-order valence-electron chi connectivity index (χ4n) is 3.13. The first-order valence-electron chi connectivity index (χ1n) is 8.69. The third-order valence-electron chi connectivity index (χ3n) is 4.51. The Labute approximate surface area is 165 Å². The molecule has 2 aromatic carbocycles. The molecule has 0 fully saturated rings. The molecule has 0 bridgehead atoms. The van der Waals surface area contributed by atoms with E-state index in [0.717, 1.165) is 11.6 Å². The molecule has 0 aliphatic carbocycles. The first-order valence-corrected chi connectivity index (χ1v) is 8.69. The number of nitriles is 1. The Morgan fingerprint density at radius 1 is 1.10 bits per heavy atom. The number of hydrogen-bond donors (Lipinski definition) is 0. The predicted octanol–water partition coefficient (Wildman–Crippen LogP) is 4.77. The van der Waals surface area contributed by atoms with E-state index in [9.17, 15) is 23.2 Å². The van der Waals surface area contributed by atoms with Gasteiger partial charge in [0, 0.05) is 0 Å². The van der Waals surface area contributed by atoms with Crippen LogP contribution < -0.4 is 10.3 Å². The van der Waals surface area contributed by atoms with Crippen LogP contribution in [0.25, 0.3) is 11.3 Å². The number of nitrogens with zero attached hydrogens (tertiary/aromatic N) is 2. The van der Waals surface area contributed by atoms with Crippen LogP contribution in [0.5, 0.6) is 5.75 Å². The first-order chi connectivity index (χ1) is 13.7. The largest absolute Gasteiger partial charge is 0.497 e. The van der Waals surface area contributed by atoms with Crippen molar-refractivity contribution < 1.29 is 17.9 Å². The molecule has 7 heteroatoms. The second kappa shape index (κ2) is 7.84. The molecule has 148 valence electrons. The van der Waals surface area contributed by atoms with Gasteiger partial charge in [-0.15, -0.1) is 0 Å². The van der Waals surface area contributed by atoms with Crippen molar-refractivity contribution in [3.63, 3.8) is 0 Å². The van der Waals surface area contributed by atoms with Crippen LogP contribution in [0.1, 0.15) is 22.3 Å². The van der Waals surface area contributed by atoms with Gasteiger partial charge in [-0.1, -0.05) is 35.9 Å². The molecule has 0 N–H and O–H groups in total. The van der Waals surface area contributed by atoms with Crippen molar-refractivity contribution in [2.45, 2.75) is 19.6 Å². The van der Waals surface area contributed by atoms with Gasteiger partial charge in [-0.05, 0) is 42.3 Å². The number of methoxy groups -OCH3 is 1. The topological polar surface area (TPSA) is 55.0 Å². The quantitative estimate of drug-likeness (QED) is 0.636. The van der Waals surface area contributed by atoms with Gasteiger partial charge in [0.05, 0.1) is 24.9 Å². The molecular formula is C22H17F3N2O2. The maximum absolute atomic E-state index is 13.5. The standard InChI is InChI=1S/C22H17F3N2O2/c1-14-5-3-7-16(9-14)20-11-19(22(23,24)25)18(12-26)21(28)27(20)13-15-6-4-8-17(10-15)29-2/h3-11H,13H2,1-2H3. The normalized spacial score (nSPS) is 11.2. The molecule has 0 spiro atoms. The summed E-state index contributed by atoms with van der Waals surface area (Å²) in [4.78, 5) is 12.9. The number of aryl methyl sites for hydroxylation is 1. The van der Waals surface area contributed by atoms with E-state index in [4.69, 9.17) is 4.74 Å². The summed E-state index contributed by atoms with van der Waals surface area (Å²) in [6, 6.07) is 16.0. The van der Waals surface area contributed by atoms with Gasteiger partial charge in [0.25, 0.3) is 5.56 Å². The van der Waals surface area contributed by atoms with Gasteiger partial charge in [-0.3, -0.25) is 4.79 Å². The van der Waals surface area contributed by atoms with Gasteiger partial charge >= 0.3 is 6.18 Å². The smallest absolute Gasteiger partial charge is 0.417 e. The predicted molar refractivity (Wildman–Crippen MR) is 103 cm³/mol. The Bertz CT molecular complexity index is 1160. The fraction of sp³-hybridized carbons (Fsp3) is 0.182. The summed E-state index contributed by atoms with van der Waals surface area (Å²) >= 11 is 0. The highest BCUT2D eigenvalue weighted by Crippen LogP contribution is 2.34. The number of alkyl halides is 3. The highest BCUT2D eigenvalue weighted by Gasteiger charge is 2.36. The van der Waals surface area contributed by atoms with Crippen LogP contribution in [0.4, 0.5) is 13.2 Å². The van der Waals surface area contributed by atoms with E-state index < -0.39 is 22.9 Å². The highest BCUT2D eigenvalue weighted by atomic mass is 19.4. The summed E-state index contributed by atoms with van der Waals surface area (Å²) in [6.07, 6.45) is -4.82. The maximum Gasteiger partial charge on any atom is 0.417 e. The van der Waals surface area contributed by atoms with Crippen molar-refractivity contribution in [1.29, 1.82) is 5.26 Å². The highest BCUT2D eigenvalue weighted by molar-refractivity contribution is 5.63. The zero-order valence-corrected chi connectivity index (χ0v) is 15.7. The molecule has 1 heterocycles. The SMILES string of the molecule is COc1cccc(Cn2c(-c3cccc(C)c3)cc(C(F)(F)F)c(C#N)c2=O)c1. The van der Waals surface area contributed by atoms with Crippen molar-refractivity contribution in [2.75, 3.05) is 7.11 Å². The average Bonchev–Trinajstić information content (AvgIpc) is 2.68. The van der Waals surface area contributed by atoms with E-state index in [2.05, 4.69) is 0 Å².